The van der Waals surface area contributed by atoms with E-state index in [-0.39, 0.29) is 30.5 Å². The summed E-state index contributed by atoms with van der Waals surface area (Å²) in [7, 11) is 0. The normalized spacial score (nSPS) is 18.9. The third-order valence-corrected chi connectivity index (χ3v) is 8.44. The molecule has 2 aliphatic rings. The number of nitrogens with zero attached hydrogens (tertiary/aromatic N) is 2. The molecule has 6 rings (SSSR count). The molecule has 4 aromatic rings. The Morgan fingerprint density at radius 1 is 1.12 bits per heavy atom. The second-order valence-electron chi connectivity index (χ2n) is 11.3. The number of aromatic nitrogens is 1. The van der Waals surface area contributed by atoms with Gasteiger partial charge < -0.3 is 29.5 Å². The molecule has 2 fully saturated rings. The predicted octanol–water partition coefficient (Wildman–Crippen LogP) is 4.67. The van der Waals surface area contributed by atoms with Crippen molar-refractivity contribution in [3.05, 3.63) is 65.8 Å². The number of piperidine rings is 2. The first-order valence-electron chi connectivity index (χ1n) is 14.3. The van der Waals surface area contributed by atoms with Crippen molar-refractivity contribution >= 4 is 27.8 Å². The molecule has 2 aromatic carbocycles. The summed E-state index contributed by atoms with van der Waals surface area (Å²) in [6.45, 7) is 7.42. The maximum absolute atomic E-state index is 13.5. The third-order valence-electron chi connectivity index (χ3n) is 8.44. The standard InChI is InChI=1S/C31H37FN4O4/c1-20(36-13-9-24(37)10-14-36)17-35-11-7-23(8-12-35)33-31(38)28-16-26-27(34-28)3-2-4-29(26)39-18-21-19-40-30-15-22(32)5-6-25(21)30/h2-6,15-16,19-20,23-24,34,37H,7-14,17-18H2,1H3,(H,33,38)/t20-/m0/s1. The van der Waals surface area contributed by atoms with Gasteiger partial charge in [0.15, 0.2) is 0 Å². The van der Waals surface area contributed by atoms with Gasteiger partial charge in [-0.15, -0.1) is 0 Å². The fourth-order valence-electron chi connectivity index (χ4n) is 6.04. The Bertz CT molecular complexity index is 1470. The van der Waals surface area contributed by atoms with Crippen molar-refractivity contribution in [1.29, 1.82) is 0 Å². The number of rotatable bonds is 8. The summed E-state index contributed by atoms with van der Waals surface area (Å²) in [6, 6.07) is 12.6. The lowest BCUT2D eigenvalue weighted by Crippen LogP contribution is -2.50. The molecule has 2 aliphatic heterocycles. The van der Waals surface area contributed by atoms with E-state index in [4.69, 9.17) is 9.15 Å². The van der Waals surface area contributed by atoms with E-state index in [1.165, 1.54) is 12.1 Å². The van der Waals surface area contributed by atoms with Crippen LogP contribution in [0.25, 0.3) is 21.9 Å². The molecule has 1 amide bonds. The van der Waals surface area contributed by atoms with Gasteiger partial charge in [-0.1, -0.05) is 6.07 Å². The van der Waals surface area contributed by atoms with Gasteiger partial charge >= 0.3 is 0 Å². The second kappa shape index (κ2) is 11.6. The lowest BCUT2D eigenvalue weighted by molar-refractivity contribution is 0.0497. The van der Waals surface area contributed by atoms with Crippen molar-refractivity contribution in [3.63, 3.8) is 0 Å². The highest BCUT2D eigenvalue weighted by Crippen LogP contribution is 2.29. The Morgan fingerprint density at radius 2 is 1.93 bits per heavy atom. The van der Waals surface area contributed by atoms with Crippen LogP contribution in [0, 0.1) is 5.82 Å². The number of likely N-dealkylation sites (tertiary alicyclic amines) is 2. The van der Waals surface area contributed by atoms with E-state index in [0.29, 0.717) is 23.1 Å². The smallest absolute Gasteiger partial charge is 0.267 e. The summed E-state index contributed by atoms with van der Waals surface area (Å²) in [6.07, 6.45) is 5.02. The first-order chi connectivity index (χ1) is 19.4. The number of nitrogens with one attached hydrogen (secondary N) is 2. The number of fused-ring (bicyclic) bond motifs is 2. The van der Waals surface area contributed by atoms with Crippen molar-refractivity contribution in [3.8, 4) is 5.75 Å². The number of ether oxygens (including phenoxy) is 1. The molecule has 0 spiro atoms. The van der Waals surface area contributed by atoms with Gasteiger partial charge in [-0.25, -0.2) is 4.39 Å². The number of furan rings is 1. The largest absolute Gasteiger partial charge is 0.488 e. The Kier molecular flexibility index (Phi) is 7.78. The van der Waals surface area contributed by atoms with Gasteiger partial charge in [-0.2, -0.15) is 0 Å². The first kappa shape index (κ1) is 26.8. The molecular formula is C31H37FN4O4. The van der Waals surface area contributed by atoms with Crippen molar-refractivity contribution in [2.75, 3.05) is 32.7 Å². The summed E-state index contributed by atoms with van der Waals surface area (Å²) in [5, 5.41) is 14.6. The monoisotopic (exact) mass is 548 g/mol. The number of benzene rings is 2. The maximum Gasteiger partial charge on any atom is 0.267 e. The summed E-state index contributed by atoms with van der Waals surface area (Å²) >= 11 is 0. The number of aromatic amines is 1. The molecule has 2 aromatic heterocycles. The quantitative estimate of drug-likeness (QED) is 0.296. The van der Waals surface area contributed by atoms with E-state index in [2.05, 4.69) is 27.0 Å². The molecule has 212 valence electrons. The van der Waals surface area contributed by atoms with Crippen LogP contribution in [-0.4, -0.2) is 76.7 Å². The number of carbonyl (C=O) groups excluding carboxylic acids is 1. The van der Waals surface area contributed by atoms with E-state index >= 15 is 0 Å². The Labute approximate surface area is 233 Å². The Hall–Kier alpha value is -3.40. The topological polar surface area (TPSA) is 94.0 Å². The number of hydrogen-bond acceptors (Lipinski definition) is 6. The van der Waals surface area contributed by atoms with Crippen molar-refractivity contribution in [2.24, 2.45) is 0 Å². The number of carbonyl (C=O) groups is 1. The van der Waals surface area contributed by atoms with Gasteiger partial charge in [0.2, 0.25) is 0 Å². The fourth-order valence-corrected chi connectivity index (χ4v) is 6.04. The number of hydrogen-bond donors (Lipinski definition) is 3. The van der Waals surface area contributed by atoms with E-state index in [1.54, 1.807) is 12.3 Å². The number of aliphatic hydroxyl groups excluding tert-OH is 1. The Balaban J connectivity index is 1.03. The summed E-state index contributed by atoms with van der Waals surface area (Å²) in [4.78, 5) is 21.4. The van der Waals surface area contributed by atoms with Gasteiger partial charge in [0.1, 0.15) is 29.5 Å². The van der Waals surface area contributed by atoms with Crippen LogP contribution in [0.1, 0.15) is 48.7 Å². The number of halogens is 1. The molecule has 0 unspecified atom stereocenters. The molecule has 2 saturated heterocycles. The summed E-state index contributed by atoms with van der Waals surface area (Å²) < 4.78 is 25.1. The zero-order valence-corrected chi connectivity index (χ0v) is 22.9. The highest BCUT2D eigenvalue weighted by atomic mass is 19.1. The average molecular weight is 549 g/mol. The van der Waals surface area contributed by atoms with Crippen LogP contribution in [0.2, 0.25) is 0 Å². The molecule has 40 heavy (non-hydrogen) atoms. The van der Waals surface area contributed by atoms with Crippen molar-refractivity contribution in [2.45, 2.75) is 57.4 Å². The number of amides is 1. The van der Waals surface area contributed by atoms with E-state index < -0.39 is 0 Å². The van der Waals surface area contributed by atoms with Crippen LogP contribution in [0.4, 0.5) is 4.39 Å². The van der Waals surface area contributed by atoms with Crippen LogP contribution in [0.5, 0.6) is 5.75 Å². The molecule has 4 heterocycles. The molecule has 8 nitrogen and oxygen atoms in total. The SMILES string of the molecule is C[C@@H](CN1CCC(NC(=O)c2cc3c(OCc4coc5cc(F)ccc45)cccc3[nH]2)CC1)N1CCC(O)CC1. The summed E-state index contributed by atoms with van der Waals surface area (Å²) in [5.41, 5.74) is 2.66. The maximum atomic E-state index is 13.5. The number of H-pyrrole nitrogens is 1. The van der Waals surface area contributed by atoms with Crippen LogP contribution in [0.15, 0.2) is 53.1 Å². The van der Waals surface area contributed by atoms with Gasteiger partial charge in [0.25, 0.3) is 5.91 Å². The molecule has 9 heteroatoms. The minimum absolute atomic E-state index is 0.108. The van der Waals surface area contributed by atoms with Crippen molar-refractivity contribution in [1.82, 2.24) is 20.1 Å². The minimum Gasteiger partial charge on any atom is -0.488 e. The molecular weight excluding hydrogens is 511 g/mol. The zero-order chi connectivity index (χ0) is 27.6. The second-order valence-corrected chi connectivity index (χ2v) is 11.3. The van der Waals surface area contributed by atoms with Crippen LogP contribution >= 0.6 is 0 Å². The van der Waals surface area contributed by atoms with E-state index in [0.717, 1.165) is 80.3 Å². The molecule has 0 radical (unpaired) electrons. The fraction of sp³-hybridized carbons (Fsp3) is 0.452. The molecule has 0 aliphatic carbocycles. The number of aliphatic hydroxyl groups is 1. The van der Waals surface area contributed by atoms with Crippen LogP contribution in [-0.2, 0) is 6.61 Å². The lowest BCUT2D eigenvalue weighted by atomic mass is 10.0. The highest BCUT2D eigenvalue weighted by Gasteiger charge is 2.26. The molecule has 3 N–H and O–H groups in total. The third kappa shape index (κ3) is 5.87. The first-order valence-corrected chi connectivity index (χ1v) is 14.3. The van der Waals surface area contributed by atoms with Crippen LogP contribution in [0.3, 0.4) is 0 Å². The van der Waals surface area contributed by atoms with Gasteiger partial charge in [-0.3, -0.25) is 9.69 Å². The van der Waals surface area contributed by atoms with Crippen LogP contribution < -0.4 is 10.1 Å². The molecule has 0 bridgehead atoms. The Morgan fingerprint density at radius 3 is 2.73 bits per heavy atom. The average Bonchev–Trinajstić information content (AvgIpc) is 3.57. The zero-order valence-electron chi connectivity index (χ0n) is 22.9. The highest BCUT2D eigenvalue weighted by molar-refractivity contribution is 5.99. The van der Waals surface area contributed by atoms with Gasteiger partial charge in [0, 0.05) is 72.7 Å². The lowest BCUT2D eigenvalue weighted by Gasteiger charge is -2.39. The van der Waals surface area contributed by atoms with Gasteiger partial charge in [-0.05, 0) is 62.9 Å². The van der Waals surface area contributed by atoms with E-state index in [1.807, 2.05) is 24.3 Å². The predicted molar refractivity (Wildman–Crippen MR) is 152 cm³/mol. The summed E-state index contributed by atoms with van der Waals surface area (Å²) in [5.74, 6) is 0.214. The minimum atomic E-state index is -0.340. The van der Waals surface area contributed by atoms with Crippen molar-refractivity contribution < 1.29 is 23.4 Å². The molecule has 0 saturated carbocycles. The van der Waals surface area contributed by atoms with Gasteiger partial charge in [0.05, 0.1) is 12.4 Å². The molecule has 1 atom stereocenters. The van der Waals surface area contributed by atoms with E-state index in [9.17, 15) is 14.3 Å².